The van der Waals surface area contributed by atoms with Crippen LogP contribution in [-0.4, -0.2) is 19.0 Å². The maximum atomic E-state index is 3.76. The van der Waals surface area contributed by atoms with Crippen LogP contribution in [-0.2, 0) is 0 Å². The lowest BCUT2D eigenvalue weighted by atomic mass is 9.78. The first-order valence-electron chi connectivity index (χ1n) is 20.8. The fraction of sp³-hybridized carbons (Fsp3) is 0.296. The Morgan fingerprint density at radius 2 is 1.66 bits per heavy atom. The third kappa shape index (κ3) is 10.5. The highest BCUT2D eigenvalue weighted by molar-refractivity contribution is 7.43. The maximum absolute atomic E-state index is 3.76. The SMILES string of the molecule is C=C/C=C\C=C(/C)PCC1=C(/C(CC)=c2\cccc\c2=C\C)C(C=CCC)/C(=C\C)C=C1.CPCC1CC=c2ccccc2=C1c1c(C)ccc2c1=CCCC=2. The highest BCUT2D eigenvalue weighted by Gasteiger charge is 2.25. The Bertz CT molecular complexity index is 2440. The average Bonchev–Trinajstić information content (AvgIpc) is 3.23. The molecule has 4 atom stereocenters. The van der Waals surface area contributed by atoms with Crippen LogP contribution in [0.3, 0.4) is 0 Å². The molecule has 290 valence electrons. The third-order valence-corrected chi connectivity index (χ3v) is 13.4. The van der Waals surface area contributed by atoms with Crippen LogP contribution in [0.15, 0.2) is 144 Å². The number of aryl methyl sites for hydroxylation is 1. The number of allylic oxidation sites excluding steroid dienone is 13. The summed E-state index contributed by atoms with van der Waals surface area (Å²) in [7, 11) is 1.77. The molecule has 0 aliphatic heterocycles. The van der Waals surface area contributed by atoms with Gasteiger partial charge in [0.1, 0.15) is 0 Å². The van der Waals surface area contributed by atoms with Gasteiger partial charge in [-0.05, 0) is 155 Å². The molecular weight excluding hydrogens is 711 g/mol. The minimum absolute atomic E-state index is 0.314. The molecule has 4 unspecified atom stereocenters. The van der Waals surface area contributed by atoms with Crippen molar-refractivity contribution >= 4 is 52.6 Å². The Kier molecular flexibility index (Phi) is 16.9. The molecular formula is C54H64P2. The summed E-state index contributed by atoms with van der Waals surface area (Å²) in [5.41, 5.74) is 10.4. The van der Waals surface area contributed by atoms with E-state index in [2.05, 4.69) is 182 Å². The van der Waals surface area contributed by atoms with E-state index in [1.807, 2.05) is 12.2 Å². The summed E-state index contributed by atoms with van der Waals surface area (Å²) in [5.74, 6) is 0.971. The summed E-state index contributed by atoms with van der Waals surface area (Å²) < 4.78 is 0. The van der Waals surface area contributed by atoms with Gasteiger partial charge in [0.15, 0.2) is 0 Å². The fourth-order valence-electron chi connectivity index (χ4n) is 8.43. The molecule has 6 rings (SSSR count). The van der Waals surface area contributed by atoms with Gasteiger partial charge in [-0.3, -0.25) is 0 Å². The largest absolute Gasteiger partial charge is 0.125 e. The van der Waals surface area contributed by atoms with Gasteiger partial charge in [0.05, 0.1) is 0 Å². The van der Waals surface area contributed by atoms with Gasteiger partial charge < -0.3 is 0 Å². The van der Waals surface area contributed by atoms with Gasteiger partial charge in [-0.2, -0.15) is 0 Å². The average molecular weight is 775 g/mol. The lowest BCUT2D eigenvalue weighted by molar-refractivity contribution is 0.782. The molecule has 0 saturated heterocycles. The molecule has 3 aromatic rings. The number of fused-ring (bicyclic) bond motifs is 2. The van der Waals surface area contributed by atoms with Crippen molar-refractivity contribution < 1.29 is 0 Å². The van der Waals surface area contributed by atoms with Gasteiger partial charge in [-0.1, -0.05) is 174 Å². The molecule has 0 spiro atoms. The summed E-state index contributed by atoms with van der Waals surface area (Å²) in [5, 5.41) is 9.90. The van der Waals surface area contributed by atoms with Crippen LogP contribution in [0.5, 0.6) is 0 Å². The van der Waals surface area contributed by atoms with Gasteiger partial charge >= 0.3 is 0 Å². The van der Waals surface area contributed by atoms with Crippen LogP contribution in [0.2, 0.25) is 0 Å². The van der Waals surface area contributed by atoms with Gasteiger partial charge in [0.2, 0.25) is 0 Å². The first-order chi connectivity index (χ1) is 27.4. The summed E-state index contributed by atoms with van der Waals surface area (Å²) in [6.45, 7) is 19.4. The molecule has 0 N–H and O–H groups in total. The van der Waals surface area contributed by atoms with Crippen molar-refractivity contribution in [3.05, 3.63) is 186 Å². The lowest BCUT2D eigenvalue weighted by Gasteiger charge is -2.28. The number of rotatable bonds is 12. The molecule has 0 heterocycles. The zero-order valence-corrected chi connectivity index (χ0v) is 37.1. The molecule has 0 bridgehead atoms. The molecule has 0 radical (unpaired) electrons. The topological polar surface area (TPSA) is 0 Å². The van der Waals surface area contributed by atoms with Crippen molar-refractivity contribution in [2.75, 3.05) is 19.0 Å². The molecule has 0 fully saturated rings. The van der Waals surface area contributed by atoms with E-state index in [1.54, 1.807) is 5.57 Å². The van der Waals surface area contributed by atoms with E-state index < -0.39 is 0 Å². The molecule has 0 amide bonds. The lowest BCUT2D eigenvalue weighted by Crippen LogP contribution is -2.39. The molecule has 3 aliphatic carbocycles. The maximum Gasteiger partial charge on any atom is 0.0272 e. The smallest absolute Gasteiger partial charge is 0.0272 e. The normalized spacial score (nSPS) is 20.0. The second kappa shape index (κ2) is 22.0. The van der Waals surface area contributed by atoms with Crippen LogP contribution in [0.4, 0.5) is 0 Å². The predicted molar refractivity (Wildman–Crippen MR) is 257 cm³/mol. The van der Waals surface area contributed by atoms with Gasteiger partial charge in [0, 0.05) is 5.92 Å². The molecule has 3 aliphatic rings. The van der Waals surface area contributed by atoms with Crippen LogP contribution in [0.25, 0.3) is 35.5 Å². The molecule has 56 heavy (non-hydrogen) atoms. The number of hydrogen-bond donors (Lipinski definition) is 0. The summed E-state index contributed by atoms with van der Waals surface area (Å²) in [6.07, 6.45) is 37.4. The quantitative estimate of drug-likeness (QED) is 0.0977. The highest BCUT2D eigenvalue weighted by atomic mass is 31.1. The van der Waals surface area contributed by atoms with Crippen molar-refractivity contribution in [2.24, 2.45) is 11.8 Å². The first-order valence-corrected chi connectivity index (χ1v) is 23.7. The van der Waals surface area contributed by atoms with Crippen LogP contribution in [0, 0.1) is 18.8 Å². The van der Waals surface area contributed by atoms with Crippen molar-refractivity contribution in [2.45, 2.75) is 73.6 Å². The Hall–Kier alpha value is -4.08. The molecule has 0 saturated carbocycles. The van der Waals surface area contributed by atoms with Crippen LogP contribution < -0.4 is 31.3 Å². The van der Waals surface area contributed by atoms with E-state index in [0.717, 1.165) is 36.2 Å². The zero-order chi connectivity index (χ0) is 39.9. The Balaban J connectivity index is 0.000000222. The van der Waals surface area contributed by atoms with Crippen LogP contribution in [0.1, 0.15) is 77.8 Å². The zero-order valence-electron chi connectivity index (χ0n) is 35.1. The predicted octanol–water partition coefficient (Wildman–Crippen LogP) is 10.4. The molecule has 2 heteroatoms. The summed E-state index contributed by atoms with van der Waals surface area (Å²) >= 11 is 0. The van der Waals surface area contributed by atoms with Gasteiger partial charge in [0.25, 0.3) is 0 Å². The van der Waals surface area contributed by atoms with E-state index in [-0.39, 0.29) is 0 Å². The number of hydrogen-bond acceptors (Lipinski definition) is 0. The van der Waals surface area contributed by atoms with Crippen molar-refractivity contribution in [3.8, 4) is 0 Å². The Morgan fingerprint density at radius 3 is 2.41 bits per heavy atom. The minimum Gasteiger partial charge on any atom is -0.125 e. The van der Waals surface area contributed by atoms with Crippen molar-refractivity contribution in [1.82, 2.24) is 0 Å². The molecule has 0 nitrogen and oxygen atoms in total. The van der Waals surface area contributed by atoms with Gasteiger partial charge in [-0.25, -0.2) is 0 Å². The standard InChI is InChI=1S/C31H39P.C23H25P/c1-7-12-14-17-24(6)32-23-27-22-21-26(10-4)30(19-13-8-2)31(27)28(11-5)29-20-16-15-18-25(29)9-3;1-16-11-12-17-7-3-5-9-20(17)22(16)23-19(15-24-2)14-13-18-8-4-6-10-21(18)23/h7,9-10,12-22,30,32H,1,8,11,23H2,2-6H3;4,6-13,19,24H,3,5,14-15H2,1-2H3/b14-12-,19-13?,24-17+,25-9-,26-10-,29-28+;. The summed E-state index contributed by atoms with van der Waals surface area (Å²) in [4.78, 5) is 0. The number of benzene rings is 3. The van der Waals surface area contributed by atoms with Crippen molar-refractivity contribution in [3.63, 3.8) is 0 Å². The second-order valence-corrected chi connectivity index (χ2v) is 17.5. The monoisotopic (exact) mass is 774 g/mol. The fourth-order valence-corrected chi connectivity index (χ4v) is 10.3. The third-order valence-electron chi connectivity index (χ3n) is 11.2. The second-order valence-electron chi connectivity index (χ2n) is 14.8. The van der Waals surface area contributed by atoms with E-state index in [1.165, 1.54) is 95.5 Å². The molecule has 3 aromatic carbocycles. The first kappa shape index (κ1) is 43.1. The van der Waals surface area contributed by atoms with Crippen molar-refractivity contribution in [1.29, 1.82) is 0 Å². The minimum atomic E-state index is 0.314. The molecule has 0 aromatic heterocycles. The van der Waals surface area contributed by atoms with E-state index >= 15 is 0 Å². The van der Waals surface area contributed by atoms with E-state index in [0.29, 0.717) is 11.8 Å². The van der Waals surface area contributed by atoms with Gasteiger partial charge in [-0.15, -0.1) is 8.58 Å². The Labute approximate surface area is 342 Å². The van der Waals surface area contributed by atoms with E-state index in [9.17, 15) is 0 Å². The highest BCUT2D eigenvalue weighted by Crippen LogP contribution is 2.40. The Morgan fingerprint density at radius 1 is 0.875 bits per heavy atom. The summed E-state index contributed by atoms with van der Waals surface area (Å²) in [6, 6.07) is 22.4. The van der Waals surface area contributed by atoms with Crippen LogP contribution >= 0.6 is 17.2 Å². The van der Waals surface area contributed by atoms with E-state index in [4.69, 9.17) is 0 Å².